The highest BCUT2D eigenvalue weighted by Crippen LogP contribution is 2.41. The van der Waals surface area contributed by atoms with Crippen LogP contribution in [0.15, 0.2) is 212 Å². The zero-order valence-electron chi connectivity index (χ0n) is 29.6. The summed E-state index contributed by atoms with van der Waals surface area (Å²) in [6, 6.07) is 77.1. The van der Waals surface area contributed by atoms with E-state index < -0.39 is 0 Å². The molecule has 0 radical (unpaired) electrons. The summed E-state index contributed by atoms with van der Waals surface area (Å²) in [6.07, 6.45) is 0. The predicted molar refractivity (Wildman–Crippen MR) is 233 cm³/mol. The van der Waals surface area contributed by atoms with Crippen molar-refractivity contribution < 1.29 is 0 Å². The number of benzene rings is 9. The number of rotatable bonds is 7. The Hall–Kier alpha value is -6.74. The Morgan fingerprint density at radius 1 is 0.278 bits per heavy atom. The first-order valence-electron chi connectivity index (χ1n) is 18.4. The first-order chi connectivity index (χ1) is 26.7. The van der Waals surface area contributed by atoms with Crippen molar-refractivity contribution in [2.24, 2.45) is 0 Å². The number of hydrogen-bond acceptors (Lipinski definition) is 2. The van der Waals surface area contributed by atoms with E-state index in [0.29, 0.717) is 0 Å². The van der Waals surface area contributed by atoms with Crippen LogP contribution in [0.3, 0.4) is 0 Å². The second-order valence-corrected chi connectivity index (χ2v) is 14.8. The van der Waals surface area contributed by atoms with Gasteiger partial charge >= 0.3 is 0 Å². The van der Waals surface area contributed by atoms with E-state index in [1.54, 1.807) is 0 Å². The predicted octanol–water partition coefficient (Wildman–Crippen LogP) is 15.3. The molecule has 2 heteroatoms. The summed E-state index contributed by atoms with van der Waals surface area (Å²) in [5, 5.41) is 5.15. The second kappa shape index (κ2) is 13.7. The maximum absolute atomic E-state index is 2.37. The topological polar surface area (TPSA) is 3.24 Å². The summed E-state index contributed by atoms with van der Waals surface area (Å²) in [4.78, 5) is 2.37. The van der Waals surface area contributed by atoms with Crippen molar-refractivity contribution in [1.82, 2.24) is 0 Å². The highest BCUT2D eigenvalue weighted by atomic mass is 32.1. The summed E-state index contributed by atoms with van der Waals surface area (Å²) in [6.45, 7) is 0. The van der Waals surface area contributed by atoms with Crippen molar-refractivity contribution in [1.29, 1.82) is 0 Å². The van der Waals surface area contributed by atoms with Gasteiger partial charge in [0.1, 0.15) is 0 Å². The third-order valence-corrected chi connectivity index (χ3v) is 11.6. The molecule has 10 rings (SSSR count). The van der Waals surface area contributed by atoms with Crippen LogP contribution in [0.1, 0.15) is 0 Å². The van der Waals surface area contributed by atoms with Gasteiger partial charge in [-0.2, -0.15) is 0 Å². The third kappa shape index (κ3) is 5.93. The van der Waals surface area contributed by atoms with E-state index in [2.05, 4.69) is 217 Å². The van der Waals surface area contributed by atoms with E-state index in [1.807, 2.05) is 11.3 Å². The van der Waals surface area contributed by atoms with Crippen molar-refractivity contribution in [2.45, 2.75) is 0 Å². The molecule has 0 unspecified atom stereocenters. The van der Waals surface area contributed by atoms with Crippen LogP contribution in [0.4, 0.5) is 17.1 Å². The Labute approximate surface area is 319 Å². The van der Waals surface area contributed by atoms with Gasteiger partial charge in [-0.05, 0) is 104 Å². The molecule has 0 saturated carbocycles. The minimum atomic E-state index is 1.11. The van der Waals surface area contributed by atoms with Gasteiger partial charge in [0.15, 0.2) is 0 Å². The lowest BCUT2D eigenvalue weighted by molar-refractivity contribution is 1.28. The van der Waals surface area contributed by atoms with Crippen LogP contribution in [0.25, 0.3) is 75.5 Å². The van der Waals surface area contributed by atoms with Gasteiger partial charge in [-0.15, -0.1) is 11.3 Å². The molecule has 1 nitrogen and oxygen atoms in total. The fourth-order valence-corrected chi connectivity index (χ4v) is 8.88. The fraction of sp³-hybridized carbons (Fsp3) is 0. The molecule has 0 aliphatic rings. The third-order valence-electron chi connectivity index (χ3n) is 10.5. The van der Waals surface area contributed by atoms with Crippen LogP contribution in [-0.4, -0.2) is 0 Å². The maximum atomic E-state index is 2.37. The summed E-state index contributed by atoms with van der Waals surface area (Å²) in [7, 11) is 0. The second-order valence-electron chi connectivity index (χ2n) is 13.8. The van der Waals surface area contributed by atoms with E-state index in [9.17, 15) is 0 Å². The molecule has 0 spiro atoms. The molecule has 0 N–H and O–H groups in total. The minimum absolute atomic E-state index is 1.11. The van der Waals surface area contributed by atoms with Crippen molar-refractivity contribution in [3.8, 4) is 44.5 Å². The first-order valence-corrected chi connectivity index (χ1v) is 19.2. The van der Waals surface area contributed by atoms with Crippen LogP contribution < -0.4 is 4.90 Å². The molecule has 254 valence electrons. The Kier molecular flexibility index (Phi) is 8.09. The van der Waals surface area contributed by atoms with Crippen molar-refractivity contribution >= 4 is 59.3 Å². The smallest absolute Gasteiger partial charge is 0.0467 e. The van der Waals surface area contributed by atoms with Gasteiger partial charge in [0, 0.05) is 37.2 Å². The highest BCUT2D eigenvalue weighted by Gasteiger charge is 2.16. The molecule has 0 aliphatic heterocycles. The van der Waals surface area contributed by atoms with Crippen molar-refractivity contribution in [3.05, 3.63) is 212 Å². The van der Waals surface area contributed by atoms with Gasteiger partial charge in [-0.3, -0.25) is 0 Å². The molecule has 9 aromatic carbocycles. The lowest BCUT2D eigenvalue weighted by Crippen LogP contribution is -2.10. The monoisotopic (exact) mass is 705 g/mol. The Morgan fingerprint density at radius 3 is 1.50 bits per heavy atom. The average Bonchev–Trinajstić information content (AvgIpc) is 3.63. The number of anilines is 3. The van der Waals surface area contributed by atoms with E-state index in [1.165, 1.54) is 75.5 Å². The zero-order valence-corrected chi connectivity index (χ0v) is 30.4. The van der Waals surface area contributed by atoms with Crippen molar-refractivity contribution in [3.63, 3.8) is 0 Å². The summed E-state index contributed by atoms with van der Waals surface area (Å²) in [5.74, 6) is 0. The van der Waals surface area contributed by atoms with E-state index in [4.69, 9.17) is 0 Å². The molecular formula is C52H35NS. The first kappa shape index (κ1) is 32.0. The Morgan fingerprint density at radius 2 is 0.778 bits per heavy atom. The number of nitrogens with zero attached hydrogens (tertiary/aromatic N) is 1. The average molecular weight is 706 g/mol. The highest BCUT2D eigenvalue weighted by molar-refractivity contribution is 7.25. The zero-order chi connectivity index (χ0) is 35.8. The van der Waals surface area contributed by atoms with Crippen LogP contribution >= 0.6 is 11.3 Å². The summed E-state index contributed by atoms with van der Waals surface area (Å²) < 4.78 is 2.65. The SMILES string of the molecule is c1ccc(-c2ccc(-c3ccc(N(c4ccc(-c5ccc6c(c5)sc5ccccc56)cc4)c4cccc(-c5cccc6ccccc56)c4)cc3)cc2)cc1. The molecule has 54 heavy (non-hydrogen) atoms. The standard InChI is InChI=1S/C52H35NS/c1-2-10-36(11-3-1)37-20-22-38(23-21-37)39-24-29-44(30-25-39)53(46-15-8-14-43(34-46)48-18-9-13-41-12-4-5-16-47(41)48)45-31-26-40(27-32-45)42-28-33-50-49-17-6-7-19-51(49)54-52(50)35-42/h1-35H. The van der Waals surface area contributed by atoms with Gasteiger partial charge in [0.25, 0.3) is 0 Å². The molecule has 0 saturated heterocycles. The molecule has 0 amide bonds. The van der Waals surface area contributed by atoms with Gasteiger partial charge in [0.2, 0.25) is 0 Å². The quantitative estimate of drug-likeness (QED) is 0.160. The van der Waals surface area contributed by atoms with E-state index in [-0.39, 0.29) is 0 Å². The molecule has 0 atom stereocenters. The molecule has 1 aromatic heterocycles. The van der Waals surface area contributed by atoms with Crippen LogP contribution in [0, 0.1) is 0 Å². The fourth-order valence-electron chi connectivity index (χ4n) is 7.73. The Balaban J connectivity index is 1.03. The van der Waals surface area contributed by atoms with Gasteiger partial charge < -0.3 is 4.90 Å². The van der Waals surface area contributed by atoms with Crippen LogP contribution in [-0.2, 0) is 0 Å². The largest absolute Gasteiger partial charge is 0.310 e. The van der Waals surface area contributed by atoms with Gasteiger partial charge in [0.05, 0.1) is 0 Å². The Bertz CT molecular complexity index is 2900. The van der Waals surface area contributed by atoms with Crippen LogP contribution in [0.5, 0.6) is 0 Å². The number of hydrogen-bond donors (Lipinski definition) is 0. The normalized spacial score (nSPS) is 11.3. The van der Waals surface area contributed by atoms with Crippen molar-refractivity contribution in [2.75, 3.05) is 4.90 Å². The summed E-state index contributed by atoms with van der Waals surface area (Å²) in [5.41, 5.74) is 13.0. The molecule has 0 fully saturated rings. The van der Waals surface area contributed by atoms with E-state index in [0.717, 1.165) is 17.1 Å². The molecule has 1 heterocycles. The summed E-state index contributed by atoms with van der Waals surface area (Å²) >= 11 is 1.86. The molecule has 0 bridgehead atoms. The minimum Gasteiger partial charge on any atom is -0.310 e. The lowest BCUT2D eigenvalue weighted by Gasteiger charge is -2.26. The molecule has 0 aliphatic carbocycles. The number of fused-ring (bicyclic) bond motifs is 4. The molecule has 10 aromatic rings. The maximum Gasteiger partial charge on any atom is 0.0467 e. The lowest BCUT2D eigenvalue weighted by atomic mass is 9.97. The van der Waals surface area contributed by atoms with Gasteiger partial charge in [-0.1, -0.05) is 164 Å². The van der Waals surface area contributed by atoms with E-state index >= 15 is 0 Å². The van der Waals surface area contributed by atoms with Gasteiger partial charge in [-0.25, -0.2) is 0 Å². The number of thiophene rings is 1. The molecular weight excluding hydrogens is 671 g/mol. The van der Waals surface area contributed by atoms with Crippen LogP contribution in [0.2, 0.25) is 0 Å².